The molecule has 30 heavy (non-hydrogen) atoms. The third-order valence-electron chi connectivity index (χ3n) is 4.60. The van der Waals surface area contributed by atoms with Gasteiger partial charge in [-0.1, -0.05) is 54.6 Å². The van der Waals surface area contributed by atoms with E-state index in [1.165, 1.54) is 29.7 Å². The molecule has 0 unspecified atom stereocenters. The first-order chi connectivity index (χ1) is 14.4. The molecule has 0 aliphatic carbocycles. The number of thiazole rings is 1. The number of sulfonamides is 1. The van der Waals surface area contributed by atoms with Gasteiger partial charge in [-0.3, -0.25) is 5.43 Å². The van der Waals surface area contributed by atoms with Gasteiger partial charge in [0.2, 0.25) is 15.2 Å². The van der Waals surface area contributed by atoms with Gasteiger partial charge < -0.3 is 0 Å². The molecule has 0 amide bonds. The number of fused-ring (bicyclic) bond motifs is 1. The lowest BCUT2D eigenvalue weighted by atomic mass is 10.1. The van der Waals surface area contributed by atoms with E-state index >= 15 is 0 Å². The predicted octanol–water partition coefficient (Wildman–Crippen LogP) is 4.66. The van der Waals surface area contributed by atoms with Crippen molar-refractivity contribution in [2.24, 2.45) is 5.10 Å². The van der Waals surface area contributed by atoms with E-state index in [9.17, 15) is 8.42 Å². The van der Waals surface area contributed by atoms with Gasteiger partial charge in [-0.15, -0.1) is 11.3 Å². The Balaban J connectivity index is 1.53. The Morgan fingerprint density at radius 3 is 2.63 bits per heavy atom. The van der Waals surface area contributed by atoms with Crippen LogP contribution >= 0.6 is 11.3 Å². The Morgan fingerprint density at radius 1 is 1.03 bits per heavy atom. The number of hydrogen-bond acceptors (Lipinski definition) is 6. The van der Waals surface area contributed by atoms with Crippen LogP contribution < -0.4 is 5.43 Å². The zero-order valence-corrected chi connectivity index (χ0v) is 18.1. The summed E-state index contributed by atoms with van der Waals surface area (Å²) in [6.45, 7) is 0. The maximum Gasteiger partial charge on any atom is 0.242 e. The Labute approximate surface area is 179 Å². The highest BCUT2D eigenvalue weighted by Crippen LogP contribution is 2.27. The largest absolute Gasteiger partial charge is 0.253 e. The monoisotopic (exact) mass is 436 g/mol. The molecule has 0 aliphatic heterocycles. The molecule has 152 valence electrons. The average molecular weight is 437 g/mol. The van der Waals surface area contributed by atoms with Gasteiger partial charge >= 0.3 is 0 Å². The van der Waals surface area contributed by atoms with Crippen molar-refractivity contribution in [3.63, 3.8) is 0 Å². The summed E-state index contributed by atoms with van der Waals surface area (Å²) in [4.78, 5) is 4.76. The fraction of sp³-hybridized carbons (Fsp3) is 0.0909. The van der Waals surface area contributed by atoms with E-state index in [4.69, 9.17) is 0 Å². The lowest BCUT2D eigenvalue weighted by molar-refractivity contribution is 0.521. The second kappa shape index (κ2) is 8.35. The molecule has 0 spiro atoms. The Kier molecular flexibility index (Phi) is 5.63. The maximum absolute atomic E-state index is 12.4. The molecule has 4 rings (SSSR count). The molecule has 1 aromatic heterocycles. The molecule has 0 aliphatic rings. The highest BCUT2D eigenvalue weighted by atomic mass is 32.2. The highest BCUT2D eigenvalue weighted by molar-refractivity contribution is 7.89. The van der Waals surface area contributed by atoms with Crippen LogP contribution in [-0.4, -0.2) is 38.0 Å². The molecule has 0 atom stereocenters. The van der Waals surface area contributed by atoms with E-state index in [1.54, 1.807) is 24.4 Å². The van der Waals surface area contributed by atoms with Gasteiger partial charge in [0.05, 0.1) is 16.8 Å². The number of rotatable bonds is 6. The van der Waals surface area contributed by atoms with Crippen molar-refractivity contribution in [2.75, 3.05) is 19.5 Å². The van der Waals surface area contributed by atoms with E-state index in [1.807, 2.05) is 35.7 Å². The molecule has 0 bridgehead atoms. The van der Waals surface area contributed by atoms with Crippen LogP contribution in [0.2, 0.25) is 0 Å². The highest BCUT2D eigenvalue weighted by Gasteiger charge is 2.18. The van der Waals surface area contributed by atoms with E-state index in [-0.39, 0.29) is 4.90 Å². The van der Waals surface area contributed by atoms with Crippen molar-refractivity contribution in [1.29, 1.82) is 0 Å². The molecule has 0 saturated carbocycles. The molecule has 1 N–H and O–H groups in total. The second-order valence-electron chi connectivity index (χ2n) is 6.79. The summed E-state index contributed by atoms with van der Waals surface area (Å²) in [7, 11) is -0.464. The summed E-state index contributed by atoms with van der Waals surface area (Å²) in [6.07, 6.45) is 1.77. The van der Waals surface area contributed by atoms with Crippen molar-refractivity contribution in [1.82, 2.24) is 9.29 Å². The first kappa shape index (κ1) is 20.2. The summed E-state index contributed by atoms with van der Waals surface area (Å²) >= 11 is 1.41. The van der Waals surface area contributed by atoms with Gasteiger partial charge in [-0.2, -0.15) is 5.10 Å². The molecule has 3 aromatic carbocycles. The summed E-state index contributed by atoms with van der Waals surface area (Å²) in [5.41, 5.74) is 5.40. The fourth-order valence-corrected chi connectivity index (χ4v) is 4.62. The van der Waals surface area contributed by atoms with Crippen LogP contribution in [-0.2, 0) is 10.0 Å². The van der Waals surface area contributed by atoms with Crippen LogP contribution in [0.15, 0.2) is 82.1 Å². The summed E-state index contributed by atoms with van der Waals surface area (Å²) < 4.78 is 25.9. The van der Waals surface area contributed by atoms with Gasteiger partial charge in [-0.25, -0.2) is 17.7 Å². The summed E-state index contributed by atoms with van der Waals surface area (Å²) in [5, 5.41) is 9.11. The van der Waals surface area contributed by atoms with Crippen molar-refractivity contribution in [3.05, 3.63) is 77.7 Å². The van der Waals surface area contributed by atoms with Crippen molar-refractivity contribution in [2.45, 2.75) is 4.90 Å². The van der Waals surface area contributed by atoms with Crippen molar-refractivity contribution in [3.8, 4) is 11.3 Å². The number of aromatic nitrogens is 1. The number of hydrogen-bond donors (Lipinski definition) is 1. The van der Waals surface area contributed by atoms with Crippen molar-refractivity contribution < 1.29 is 8.42 Å². The van der Waals surface area contributed by atoms with Gasteiger partial charge in [0.1, 0.15) is 0 Å². The second-order valence-corrected chi connectivity index (χ2v) is 9.80. The maximum atomic E-state index is 12.4. The predicted molar refractivity (Wildman–Crippen MR) is 124 cm³/mol. The number of anilines is 1. The normalized spacial score (nSPS) is 12.1. The van der Waals surface area contributed by atoms with E-state index < -0.39 is 10.0 Å². The van der Waals surface area contributed by atoms with E-state index in [0.717, 1.165) is 21.9 Å². The number of nitrogens with zero attached hydrogens (tertiary/aromatic N) is 3. The number of nitrogens with one attached hydrogen (secondary N) is 1. The van der Waals surface area contributed by atoms with Crippen LogP contribution in [0, 0.1) is 0 Å². The molecular weight excluding hydrogens is 416 g/mol. The minimum Gasteiger partial charge on any atom is -0.253 e. The van der Waals surface area contributed by atoms with Gasteiger partial charge in [0, 0.05) is 30.6 Å². The molecule has 0 saturated heterocycles. The molecule has 1 heterocycles. The molecule has 8 heteroatoms. The first-order valence-corrected chi connectivity index (χ1v) is 11.5. The first-order valence-electron chi connectivity index (χ1n) is 9.20. The number of benzene rings is 3. The Hall–Kier alpha value is -3.07. The van der Waals surface area contributed by atoms with Crippen LogP contribution in [0.25, 0.3) is 22.0 Å². The van der Waals surface area contributed by atoms with Crippen LogP contribution in [0.4, 0.5) is 5.13 Å². The topological polar surface area (TPSA) is 74.7 Å². The van der Waals surface area contributed by atoms with Gasteiger partial charge in [-0.05, 0) is 22.9 Å². The van der Waals surface area contributed by atoms with E-state index in [0.29, 0.717) is 10.8 Å². The molecule has 0 fully saturated rings. The SMILES string of the molecule is CN(C)S(=O)(=O)c1cccc(-c2csc(N/N=C/c3cccc4ccccc34)n2)c1. The molecule has 0 radical (unpaired) electrons. The minimum absolute atomic E-state index is 0.237. The average Bonchev–Trinajstić information content (AvgIpc) is 3.23. The van der Waals surface area contributed by atoms with E-state index in [2.05, 4.69) is 33.7 Å². The fourth-order valence-electron chi connectivity index (χ4n) is 3.00. The quantitative estimate of drug-likeness (QED) is 0.352. The minimum atomic E-state index is -3.49. The zero-order valence-electron chi connectivity index (χ0n) is 16.5. The van der Waals surface area contributed by atoms with Crippen molar-refractivity contribution >= 4 is 43.5 Å². The van der Waals surface area contributed by atoms with Crippen LogP contribution in [0.3, 0.4) is 0 Å². The Bertz CT molecular complexity index is 1320. The number of hydrazone groups is 1. The lowest BCUT2D eigenvalue weighted by Gasteiger charge is -2.11. The summed E-state index contributed by atoms with van der Waals surface area (Å²) in [6, 6.07) is 21.0. The summed E-state index contributed by atoms with van der Waals surface area (Å²) in [5.74, 6) is 0. The smallest absolute Gasteiger partial charge is 0.242 e. The standard InChI is InChI=1S/C22H20N4O2S2/c1-26(2)30(27,28)19-11-6-9-17(13-19)21-15-29-22(24-21)25-23-14-18-10-5-8-16-7-3-4-12-20(16)18/h3-15H,1-2H3,(H,24,25)/b23-14+. The van der Waals surface area contributed by atoms with Crippen LogP contribution in [0.1, 0.15) is 5.56 Å². The zero-order chi connectivity index (χ0) is 21.1. The lowest BCUT2D eigenvalue weighted by Crippen LogP contribution is -2.22. The molecular formula is C22H20N4O2S2. The third kappa shape index (κ3) is 4.11. The Morgan fingerprint density at radius 2 is 1.80 bits per heavy atom. The molecule has 4 aromatic rings. The van der Waals surface area contributed by atoms with Crippen LogP contribution in [0.5, 0.6) is 0 Å². The molecule has 6 nitrogen and oxygen atoms in total. The van der Waals surface area contributed by atoms with Gasteiger partial charge in [0.15, 0.2) is 0 Å². The van der Waals surface area contributed by atoms with Gasteiger partial charge in [0.25, 0.3) is 0 Å². The third-order valence-corrected chi connectivity index (χ3v) is 7.16.